The van der Waals surface area contributed by atoms with Crippen LogP contribution in [-0.4, -0.2) is 24.0 Å². The summed E-state index contributed by atoms with van der Waals surface area (Å²) in [6, 6.07) is 6.11. The Hall–Kier alpha value is -3.55. The van der Waals surface area contributed by atoms with Gasteiger partial charge in [0.05, 0.1) is 43.0 Å². The van der Waals surface area contributed by atoms with Crippen LogP contribution in [0, 0.1) is 56.2 Å². The van der Waals surface area contributed by atoms with Crippen molar-refractivity contribution in [3.8, 4) is 24.3 Å². The van der Waals surface area contributed by atoms with Crippen LogP contribution in [-0.2, 0) is 9.53 Å². The predicted octanol–water partition coefficient (Wildman–Crippen LogP) is 0.878. The molecule has 106 valence electrons. The molecule has 0 spiro atoms. The van der Waals surface area contributed by atoms with Crippen LogP contribution in [0.25, 0.3) is 0 Å². The Kier molecular flexibility index (Phi) is 3.44. The molecule has 0 saturated carbocycles. The first kappa shape index (κ1) is 14.9. The van der Waals surface area contributed by atoms with E-state index >= 15 is 0 Å². The number of carbonyl (C=O) groups excluding carboxylic acids is 1. The molecule has 0 fully saturated rings. The van der Waals surface area contributed by atoms with Gasteiger partial charge in [0.2, 0.25) is 10.8 Å². The van der Waals surface area contributed by atoms with Crippen molar-refractivity contribution < 1.29 is 9.53 Å². The van der Waals surface area contributed by atoms with E-state index in [4.69, 9.17) is 0 Å². The fraction of sp³-hybridized carbons (Fsp3) is 0.267. The number of nitriles is 4. The van der Waals surface area contributed by atoms with E-state index in [0.29, 0.717) is 0 Å². The molecule has 0 aromatic carbocycles. The van der Waals surface area contributed by atoms with Crippen LogP contribution in [0.5, 0.6) is 0 Å². The van der Waals surface area contributed by atoms with Crippen LogP contribution >= 0.6 is 0 Å². The fourth-order valence-corrected chi connectivity index (χ4v) is 2.64. The minimum absolute atomic E-state index is 0.334. The molecule has 0 amide bonds. The zero-order valence-electron chi connectivity index (χ0n) is 11.5. The lowest BCUT2D eigenvalue weighted by Crippen LogP contribution is -2.57. The Balaban J connectivity index is 2.89. The molecule has 2 rings (SSSR count). The van der Waals surface area contributed by atoms with Gasteiger partial charge < -0.3 is 9.64 Å². The van der Waals surface area contributed by atoms with Gasteiger partial charge in [0.25, 0.3) is 0 Å². The lowest BCUT2D eigenvalue weighted by Gasteiger charge is -2.45. The SMILES string of the molecule is COC(=O)C1=CN2C=CC=CC2C(C#N)(C#N)C1(C#N)C#N. The van der Waals surface area contributed by atoms with Gasteiger partial charge in [-0.15, -0.1) is 0 Å². The molecule has 0 aromatic heterocycles. The van der Waals surface area contributed by atoms with Crippen molar-refractivity contribution in [2.75, 3.05) is 7.11 Å². The zero-order valence-corrected chi connectivity index (χ0v) is 11.5. The molecule has 2 heterocycles. The molecule has 0 N–H and O–H groups in total. The highest BCUT2D eigenvalue weighted by atomic mass is 16.5. The highest BCUT2D eigenvalue weighted by Gasteiger charge is 2.66. The summed E-state index contributed by atoms with van der Waals surface area (Å²) in [5, 5.41) is 38.3. The van der Waals surface area contributed by atoms with Gasteiger partial charge in [-0.1, -0.05) is 12.2 Å². The van der Waals surface area contributed by atoms with Crippen LogP contribution in [0.3, 0.4) is 0 Å². The molecule has 1 atom stereocenters. The number of hydrogen-bond donors (Lipinski definition) is 0. The molecule has 7 heteroatoms. The molecular formula is C15H9N5O2. The second-order valence-corrected chi connectivity index (χ2v) is 4.66. The minimum atomic E-state index is -2.25. The van der Waals surface area contributed by atoms with Gasteiger partial charge in [-0.25, -0.2) is 4.79 Å². The Labute approximate surface area is 126 Å². The largest absolute Gasteiger partial charge is 0.466 e. The molecule has 0 aliphatic carbocycles. The van der Waals surface area contributed by atoms with Crippen molar-refractivity contribution >= 4 is 5.97 Å². The molecule has 0 radical (unpaired) electrons. The molecule has 0 aromatic rings. The van der Waals surface area contributed by atoms with Crippen LogP contribution in [0.2, 0.25) is 0 Å². The van der Waals surface area contributed by atoms with Gasteiger partial charge in [0.1, 0.15) is 0 Å². The van der Waals surface area contributed by atoms with Gasteiger partial charge in [-0.05, 0) is 6.08 Å². The number of nitrogens with zero attached hydrogens (tertiary/aromatic N) is 5. The number of esters is 1. The third kappa shape index (κ3) is 1.54. The Morgan fingerprint density at radius 1 is 1.18 bits per heavy atom. The number of carbonyl (C=O) groups is 1. The molecule has 7 nitrogen and oxygen atoms in total. The predicted molar refractivity (Wildman–Crippen MR) is 71.3 cm³/mol. The maximum atomic E-state index is 12.0. The first-order chi connectivity index (χ1) is 10.6. The smallest absolute Gasteiger partial charge is 0.338 e. The van der Waals surface area contributed by atoms with Gasteiger partial charge in [0, 0.05) is 12.4 Å². The molecule has 0 saturated heterocycles. The Morgan fingerprint density at radius 2 is 1.82 bits per heavy atom. The van der Waals surface area contributed by atoms with Crippen molar-refractivity contribution in [2.24, 2.45) is 10.8 Å². The maximum absolute atomic E-state index is 12.0. The monoisotopic (exact) mass is 291 g/mol. The summed E-state index contributed by atoms with van der Waals surface area (Å²) in [7, 11) is 1.10. The van der Waals surface area contributed by atoms with E-state index in [2.05, 4.69) is 4.74 Å². The topological polar surface area (TPSA) is 125 Å². The van der Waals surface area contributed by atoms with E-state index in [1.807, 2.05) is 0 Å². The summed E-state index contributed by atoms with van der Waals surface area (Å²) >= 11 is 0. The van der Waals surface area contributed by atoms with Crippen LogP contribution in [0.1, 0.15) is 0 Å². The number of hydrogen-bond acceptors (Lipinski definition) is 7. The highest BCUT2D eigenvalue weighted by Crippen LogP contribution is 2.52. The van der Waals surface area contributed by atoms with Gasteiger partial charge in [0.15, 0.2) is 0 Å². The highest BCUT2D eigenvalue weighted by molar-refractivity contribution is 5.93. The van der Waals surface area contributed by atoms with Crippen LogP contribution in [0.4, 0.5) is 0 Å². The van der Waals surface area contributed by atoms with Crippen molar-refractivity contribution in [1.82, 2.24) is 4.90 Å². The molecule has 2 aliphatic rings. The number of allylic oxidation sites excluding steroid dienone is 2. The molecule has 1 unspecified atom stereocenters. The Bertz CT molecular complexity index is 751. The van der Waals surface area contributed by atoms with E-state index in [0.717, 1.165) is 7.11 Å². The average Bonchev–Trinajstić information content (AvgIpc) is 2.59. The average molecular weight is 291 g/mol. The van der Waals surface area contributed by atoms with Crippen LogP contribution in [0.15, 0.2) is 36.2 Å². The third-order valence-electron chi connectivity index (χ3n) is 3.79. The minimum Gasteiger partial charge on any atom is -0.466 e. The van der Waals surface area contributed by atoms with Crippen molar-refractivity contribution in [3.63, 3.8) is 0 Å². The number of methoxy groups -OCH3 is 1. The molecule has 2 aliphatic heterocycles. The van der Waals surface area contributed by atoms with Crippen molar-refractivity contribution in [2.45, 2.75) is 6.04 Å². The summed E-state index contributed by atoms with van der Waals surface area (Å²) in [5.41, 5.74) is -4.66. The first-order valence-corrected chi connectivity index (χ1v) is 6.15. The normalized spacial score (nSPS) is 22.9. The zero-order chi connectivity index (χ0) is 16.4. The fourth-order valence-electron chi connectivity index (χ4n) is 2.64. The molecule has 0 bridgehead atoms. The van der Waals surface area contributed by atoms with Gasteiger partial charge in [-0.2, -0.15) is 21.0 Å². The van der Waals surface area contributed by atoms with Gasteiger partial charge >= 0.3 is 5.97 Å². The van der Waals surface area contributed by atoms with Crippen molar-refractivity contribution in [1.29, 1.82) is 21.0 Å². The lowest BCUT2D eigenvalue weighted by molar-refractivity contribution is -0.137. The Morgan fingerprint density at radius 3 is 2.32 bits per heavy atom. The summed E-state index contributed by atoms with van der Waals surface area (Å²) in [4.78, 5) is 13.5. The molecule has 22 heavy (non-hydrogen) atoms. The van der Waals surface area contributed by atoms with E-state index in [1.165, 1.54) is 11.1 Å². The second-order valence-electron chi connectivity index (χ2n) is 4.66. The van der Waals surface area contributed by atoms with E-state index in [1.54, 1.807) is 48.7 Å². The first-order valence-electron chi connectivity index (χ1n) is 6.15. The number of rotatable bonds is 1. The maximum Gasteiger partial charge on any atom is 0.338 e. The second kappa shape index (κ2) is 5.09. The standard InChI is InChI=1S/C15H9N5O2/c1-22-13(21)11-6-20-5-3-2-4-12(20)15(9-18,10-19)14(11,7-16)8-17/h2-6,12H,1H3. The van der Waals surface area contributed by atoms with E-state index in [9.17, 15) is 25.8 Å². The molecular weight excluding hydrogens is 282 g/mol. The van der Waals surface area contributed by atoms with E-state index in [-0.39, 0.29) is 5.57 Å². The number of ether oxygens (including phenoxy) is 1. The van der Waals surface area contributed by atoms with Crippen LogP contribution < -0.4 is 0 Å². The lowest BCUT2D eigenvalue weighted by atomic mass is 9.56. The van der Waals surface area contributed by atoms with Crippen molar-refractivity contribution in [3.05, 3.63) is 36.2 Å². The third-order valence-corrected chi connectivity index (χ3v) is 3.79. The quantitative estimate of drug-likeness (QED) is 0.656. The summed E-state index contributed by atoms with van der Waals surface area (Å²) < 4.78 is 4.61. The van der Waals surface area contributed by atoms with Gasteiger partial charge in [-0.3, -0.25) is 0 Å². The summed E-state index contributed by atoms with van der Waals surface area (Å²) in [5.74, 6) is -0.931. The van der Waals surface area contributed by atoms with E-state index < -0.39 is 22.8 Å². The summed E-state index contributed by atoms with van der Waals surface area (Å²) in [6.07, 6.45) is 7.63. The summed E-state index contributed by atoms with van der Waals surface area (Å²) in [6.45, 7) is 0. The number of fused-ring (bicyclic) bond motifs is 1.